The molecule has 0 atom stereocenters. The molecule has 0 bridgehead atoms. The number of benzene rings is 2. The van der Waals surface area contributed by atoms with Crippen LogP contribution in [0, 0.1) is 0 Å². The maximum Gasteiger partial charge on any atom is 0.267 e. The number of hydrogen-bond donors (Lipinski definition) is 3. The molecule has 0 unspecified atom stereocenters. The van der Waals surface area contributed by atoms with Gasteiger partial charge in [-0.15, -0.1) is 0 Å². The molecule has 3 heterocycles. The Hall–Kier alpha value is -4.36. The Balaban J connectivity index is 1.42. The maximum absolute atomic E-state index is 12.9. The summed E-state index contributed by atoms with van der Waals surface area (Å²) < 4.78 is 1.36. The Labute approximate surface area is 193 Å². The fraction of sp³-hybridized carbons (Fsp3) is 0. The predicted octanol–water partition coefficient (Wildman–Crippen LogP) is 4.56. The van der Waals surface area contributed by atoms with Gasteiger partial charge in [0, 0.05) is 34.4 Å². The number of aromatic amines is 1. The van der Waals surface area contributed by atoms with Gasteiger partial charge in [-0.1, -0.05) is 23.7 Å². The van der Waals surface area contributed by atoms with Crippen molar-refractivity contribution in [2.24, 2.45) is 0 Å². The van der Waals surface area contributed by atoms with Gasteiger partial charge in [-0.05, 0) is 60.7 Å². The van der Waals surface area contributed by atoms with Crippen LogP contribution in [0.4, 0.5) is 11.4 Å². The normalized spacial score (nSPS) is 13.6. The van der Waals surface area contributed by atoms with Crippen LogP contribution in [0.15, 0.2) is 83.9 Å². The van der Waals surface area contributed by atoms with E-state index >= 15 is 0 Å². The summed E-state index contributed by atoms with van der Waals surface area (Å²) in [7, 11) is 0. The summed E-state index contributed by atoms with van der Waals surface area (Å²) in [5.41, 5.74) is 3.18. The van der Waals surface area contributed by atoms with Crippen LogP contribution in [-0.2, 0) is 4.79 Å². The van der Waals surface area contributed by atoms with Crippen molar-refractivity contribution in [3.63, 3.8) is 0 Å². The molecule has 0 radical (unpaired) electrons. The fourth-order valence-electron chi connectivity index (χ4n) is 3.70. The van der Waals surface area contributed by atoms with Crippen LogP contribution < -0.4 is 16.2 Å². The van der Waals surface area contributed by atoms with Gasteiger partial charge < -0.3 is 15.6 Å². The lowest BCUT2D eigenvalue weighted by atomic mass is 10.1. The van der Waals surface area contributed by atoms with Crippen LogP contribution in [0.5, 0.6) is 0 Å². The van der Waals surface area contributed by atoms with Crippen LogP contribution in [-0.4, -0.2) is 21.4 Å². The van der Waals surface area contributed by atoms with Crippen molar-refractivity contribution in [2.45, 2.75) is 0 Å². The van der Waals surface area contributed by atoms with E-state index in [0.29, 0.717) is 27.7 Å². The first-order valence-electron chi connectivity index (χ1n) is 10.1. The maximum atomic E-state index is 12.9. The number of amides is 2. The molecule has 0 saturated heterocycles. The third kappa shape index (κ3) is 3.97. The summed E-state index contributed by atoms with van der Waals surface area (Å²) in [6.45, 7) is 0. The van der Waals surface area contributed by atoms with Crippen LogP contribution >= 0.6 is 11.6 Å². The number of fused-ring (bicyclic) bond motifs is 1. The molecule has 33 heavy (non-hydrogen) atoms. The topological polar surface area (TPSA) is 96.0 Å². The molecular formula is C25H17ClN4O3. The molecule has 8 heteroatoms. The third-order valence-corrected chi connectivity index (χ3v) is 5.50. The largest absolute Gasteiger partial charge is 0.362 e. The molecule has 3 N–H and O–H groups in total. The molecular weight excluding hydrogens is 440 g/mol. The van der Waals surface area contributed by atoms with Crippen molar-refractivity contribution in [3.8, 4) is 5.69 Å². The van der Waals surface area contributed by atoms with Crippen molar-refractivity contribution in [1.29, 1.82) is 0 Å². The van der Waals surface area contributed by atoms with Crippen LogP contribution in [0.1, 0.15) is 21.6 Å². The lowest BCUT2D eigenvalue weighted by Crippen LogP contribution is -2.27. The number of halogens is 1. The minimum absolute atomic E-state index is 0.0191. The van der Waals surface area contributed by atoms with Gasteiger partial charge in [0.1, 0.15) is 5.56 Å². The first-order chi connectivity index (χ1) is 16.0. The number of nitrogens with zero attached hydrogens (tertiary/aromatic N) is 1. The number of H-pyrrole nitrogens is 1. The van der Waals surface area contributed by atoms with Gasteiger partial charge in [0.05, 0.1) is 16.9 Å². The van der Waals surface area contributed by atoms with Crippen LogP contribution in [0.25, 0.3) is 17.3 Å². The zero-order valence-electron chi connectivity index (χ0n) is 17.1. The van der Waals surface area contributed by atoms with Crippen molar-refractivity contribution < 1.29 is 9.59 Å². The first kappa shape index (κ1) is 20.5. The highest BCUT2D eigenvalue weighted by Gasteiger charge is 2.25. The second-order valence-corrected chi connectivity index (χ2v) is 7.87. The Morgan fingerprint density at radius 2 is 1.88 bits per heavy atom. The minimum atomic E-state index is -0.553. The fourth-order valence-corrected chi connectivity index (χ4v) is 3.88. The quantitative estimate of drug-likeness (QED) is 0.393. The molecule has 162 valence electrons. The summed E-state index contributed by atoms with van der Waals surface area (Å²) in [5, 5.41) is 6.03. The number of carbonyl (C=O) groups excluding carboxylic acids is 2. The van der Waals surface area contributed by atoms with Crippen LogP contribution in [0.2, 0.25) is 5.02 Å². The molecule has 4 aromatic rings. The van der Waals surface area contributed by atoms with Crippen LogP contribution in [0.3, 0.4) is 0 Å². The molecule has 5 rings (SSSR count). The highest BCUT2D eigenvalue weighted by Crippen LogP contribution is 2.35. The molecule has 1 aliphatic heterocycles. The van der Waals surface area contributed by atoms with Crippen molar-refractivity contribution in [3.05, 3.63) is 111 Å². The second kappa shape index (κ2) is 8.29. The number of aromatic nitrogens is 2. The van der Waals surface area contributed by atoms with Crippen molar-refractivity contribution in [2.75, 3.05) is 10.6 Å². The number of anilines is 2. The zero-order valence-corrected chi connectivity index (χ0v) is 17.9. The number of rotatable bonds is 4. The van der Waals surface area contributed by atoms with E-state index in [1.165, 1.54) is 10.6 Å². The van der Waals surface area contributed by atoms with Gasteiger partial charge in [0.25, 0.3) is 17.4 Å². The van der Waals surface area contributed by atoms with E-state index in [0.717, 1.165) is 11.3 Å². The summed E-state index contributed by atoms with van der Waals surface area (Å²) in [4.78, 5) is 41.3. The van der Waals surface area contributed by atoms with E-state index in [4.69, 9.17) is 11.6 Å². The van der Waals surface area contributed by atoms with E-state index in [2.05, 4.69) is 15.6 Å². The number of carbonyl (C=O) groups is 2. The molecule has 2 aromatic heterocycles. The summed E-state index contributed by atoms with van der Waals surface area (Å²) in [5.74, 6) is -0.779. The number of nitrogens with one attached hydrogen (secondary N) is 3. The summed E-state index contributed by atoms with van der Waals surface area (Å²) >= 11 is 6.03. The first-order valence-corrected chi connectivity index (χ1v) is 10.5. The van der Waals surface area contributed by atoms with Crippen molar-refractivity contribution in [1.82, 2.24) is 9.55 Å². The standard InChI is InChI=1S/C25H17ClN4O3/c26-15-4-1-6-18(12-15)30-11-3-7-20(25(30)33)23(31)28-17-8-9-19-21(13-16-5-2-10-27-16)24(32)29-22(19)14-17/h1-14,27H,(H,28,31)(H,29,32). The van der Waals surface area contributed by atoms with Gasteiger partial charge in [0.2, 0.25) is 0 Å². The Bertz CT molecular complexity index is 1490. The summed E-state index contributed by atoms with van der Waals surface area (Å²) in [6.07, 6.45) is 5.12. The van der Waals surface area contributed by atoms with Gasteiger partial charge in [-0.25, -0.2) is 0 Å². The number of hydrogen-bond acceptors (Lipinski definition) is 3. The molecule has 7 nitrogen and oxygen atoms in total. The molecule has 0 aliphatic carbocycles. The van der Waals surface area contributed by atoms with Gasteiger partial charge in [-0.3, -0.25) is 19.0 Å². The SMILES string of the molecule is O=C1Nc2cc(NC(=O)c3cccn(-c4cccc(Cl)c4)c3=O)ccc2C1=Cc1ccc[nH]1. The molecule has 0 saturated carbocycles. The highest BCUT2D eigenvalue weighted by molar-refractivity contribution is 6.35. The van der Waals surface area contributed by atoms with E-state index in [1.807, 2.05) is 12.1 Å². The molecule has 0 spiro atoms. The molecule has 0 fully saturated rings. The van der Waals surface area contributed by atoms with Gasteiger partial charge in [0.15, 0.2) is 0 Å². The van der Waals surface area contributed by atoms with E-state index < -0.39 is 11.5 Å². The minimum Gasteiger partial charge on any atom is -0.362 e. The zero-order chi connectivity index (χ0) is 22.9. The third-order valence-electron chi connectivity index (χ3n) is 5.26. The Kier molecular flexibility index (Phi) is 5.16. The molecule has 2 amide bonds. The molecule has 1 aliphatic rings. The monoisotopic (exact) mass is 456 g/mol. The number of pyridine rings is 1. The highest BCUT2D eigenvalue weighted by atomic mass is 35.5. The Morgan fingerprint density at radius 1 is 1.00 bits per heavy atom. The van der Waals surface area contributed by atoms with E-state index in [9.17, 15) is 14.4 Å². The average molecular weight is 457 g/mol. The average Bonchev–Trinajstić information content (AvgIpc) is 3.41. The predicted molar refractivity (Wildman–Crippen MR) is 129 cm³/mol. The van der Waals surface area contributed by atoms with Gasteiger partial charge >= 0.3 is 0 Å². The van der Waals surface area contributed by atoms with Gasteiger partial charge in [-0.2, -0.15) is 0 Å². The lowest BCUT2D eigenvalue weighted by Gasteiger charge is -2.10. The van der Waals surface area contributed by atoms with E-state index in [-0.39, 0.29) is 11.5 Å². The van der Waals surface area contributed by atoms with Crippen molar-refractivity contribution >= 4 is 46.4 Å². The second-order valence-electron chi connectivity index (χ2n) is 7.43. The molecule has 2 aromatic carbocycles. The van der Waals surface area contributed by atoms with E-state index in [1.54, 1.807) is 67.0 Å². The Morgan fingerprint density at radius 3 is 2.67 bits per heavy atom. The summed E-state index contributed by atoms with van der Waals surface area (Å²) in [6, 6.07) is 18.7. The smallest absolute Gasteiger partial charge is 0.267 e. The lowest BCUT2D eigenvalue weighted by molar-refractivity contribution is -0.110.